The van der Waals surface area contributed by atoms with E-state index < -0.39 is 11.8 Å². The molecule has 0 spiro atoms. The van der Waals surface area contributed by atoms with Crippen LogP contribution in [-0.4, -0.2) is 24.7 Å². The highest BCUT2D eigenvalue weighted by molar-refractivity contribution is 5.73. The molecule has 2 N–H and O–H groups in total. The molecule has 2 atom stereocenters. The summed E-state index contributed by atoms with van der Waals surface area (Å²) in [6.45, 7) is 0.558. The number of hydrogen-bond acceptors (Lipinski definition) is 3. The number of hydrogen-bond donors (Lipinski definition) is 2. The molecule has 2 unspecified atom stereocenters. The van der Waals surface area contributed by atoms with E-state index in [1.165, 1.54) is 13.2 Å². The Balaban J connectivity index is 1.88. The molecule has 4 nitrogen and oxygen atoms in total. The zero-order valence-electron chi connectivity index (χ0n) is 9.44. The second kappa shape index (κ2) is 4.61. The lowest BCUT2D eigenvalue weighted by Crippen LogP contribution is -2.08. The van der Waals surface area contributed by atoms with Crippen LogP contribution in [0.5, 0.6) is 5.75 Å². The van der Waals surface area contributed by atoms with Gasteiger partial charge in [0.05, 0.1) is 13.0 Å². The van der Waals surface area contributed by atoms with Crippen molar-refractivity contribution in [2.24, 2.45) is 11.8 Å². The molecule has 0 saturated heterocycles. The maximum atomic E-state index is 13.3. The van der Waals surface area contributed by atoms with Crippen molar-refractivity contribution in [2.45, 2.75) is 6.42 Å². The summed E-state index contributed by atoms with van der Waals surface area (Å²) in [7, 11) is 1.41. The third-order valence-corrected chi connectivity index (χ3v) is 2.96. The fourth-order valence-corrected chi connectivity index (χ4v) is 1.80. The van der Waals surface area contributed by atoms with Crippen molar-refractivity contribution in [2.75, 3.05) is 19.0 Å². The van der Waals surface area contributed by atoms with Crippen molar-refractivity contribution in [3.8, 4) is 5.75 Å². The van der Waals surface area contributed by atoms with Crippen molar-refractivity contribution >= 4 is 11.7 Å². The number of ether oxygens (including phenoxy) is 1. The van der Waals surface area contributed by atoms with Gasteiger partial charge in [-0.05, 0) is 24.5 Å². The molecular formula is C12H14FNO3. The summed E-state index contributed by atoms with van der Waals surface area (Å²) in [5.41, 5.74) is 0.638. The Hall–Kier alpha value is -1.78. The van der Waals surface area contributed by atoms with Crippen molar-refractivity contribution in [1.29, 1.82) is 0 Å². The topological polar surface area (TPSA) is 58.6 Å². The molecule has 1 fully saturated rings. The molecule has 17 heavy (non-hydrogen) atoms. The van der Waals surface area contributed by atoms with Gasteiger partial charge in [0, 0.05) is 18.3 Å². The number of nitrogens with one attached hydrogen (secondary N) is 1. The zero-order chi connectivity index (χ0) is 12.4. The summed E-state index contributed by atoms with van der Waals surface area (Å²) in [6, 6.07) is 4.59. The number of rotatable bonds is 5. The van der Waals surface area contributed by atoms with E-state index in [0.717, 1.165) is 0 Å². The SMILES string of the molecule is COc1ccc(NCC2CC2C(=O)O)cc1F. The minimum absolute atomic E-state index is 0.151. The van der Waals surface area contributed by atoms with Gasteiger partial charge in [-0.3, -0.25) is 4.79 Å². The van der Waals surface area contributed by atoms with Gasteiger partial charge in [-0.2, -0.15) is 0 Å². The standard InChI is InChI=1S/C12H14FNO3/c1-17-11-3-2-8(5-10(11)13)14-6-7-4-9(7)12(15)16/h2-3,5,7,9,14H,4,6H2,1H3,(H,15,16). The molecule has 2 rings (SSSR count). The Kier molecular flexibility index (Phi) is 3.17. The van der Waals surface area contributed by atoms with E-state index in [4.69, 9.17) is 9.84 Å². The van der Waals surface area contributed by atoms with Crippen LogP contribution in [0.3, 0.4) is 0 Å². The van der Waals surface area contributed by atoms with Crippen molar-refractivity contribution in [1.82, 2.24) is 0 Å². The normalized spacial score (nSPS) is 22.0. The Bertz CT molecular complexity index is 436. The summed E-state index contributed by atoms with van der Waals surface area (Å²) in [5.74, 6) is -1.07. The molecule has 1 aliphatic carbocycles. The van der Waals surface area contributed by atoms with E-state index in [9.17, 15) is 9.18 Å². The first-order chi connectivity index (χ1) is 8.11. The lowest BCUT2D eigenvalue weighted by molar-refractivity contribution is -0.138. The highest BCUT2D eigenvalue weighted by atomic mass is 19.1. The highest BCUT2D eigenvalue weighted by Gasteiger charge is 2.42. The van der Waals surface area contributed by atoms with Crippen LogP contribution in [0.4, 0.5) is 10.1 Å². The monoisotopic (exact) mass is 239 g/mol. The van der Waals surface area contributed by atoms with Gasteiger partial charge < -0.3 is 15.2 Å². The molecule has 92 valence electrons. The molecule has 1 aromatic carbocycles. The second-order valence-corrected chi connectivity index (χ2v) is 4.17. The summed E-state index contributed by atoms with van der Waals surface area (Å²) < 4.78 is 18.1. The van der Waals surface area contributed by atoms with Crippen LogP contribution in [0.1, 0.15) is 6.42 Å². The summed E-state index contributed by atoms with van der Waals surface area (Å²) in [5, 5.41) is 11.8. The third-order valence-electron chi connectivity index (χ3n) is 2.96. The van der Waals surface area contributed by atoms with Crippen LogP contribution in [0.15, 0.2) is 18.2 Å². The molecule has 0 bridgehead atoms. The molecule has 0 aromatic heterocycles. The van der Waals surface area contributed by atoms with Gasteiger partial charge in [0.2, 0.25) is 0 Å². The van der Waals surface area contributed by atoms with Crippen LogP contribution in [-0.2, 0) is 4.79 Å². The van der Waals surface area contributed by atoms with E-state index in [1.54, 1.807) is 12.1 Å². The van der Waals surface area contributed by atoms with Gasteiger partial charge in [-0.15, -0.1) is 0 Å². The first-order valence-corrected chi connectivity index (χ1v) is 5.42. The molecule has 0 aliphatic heterocycles. The number of anilines is 1. The number of carboxylic acids is 1. The molecule has 0 amide bonds. The van der Waals surface area contributed by atoms with Gasteiger partial charge in [0.25, 0.3) is 0 Å². The predicted octanol–water partition coefficient (Wildman–Crippen LogP) is 1.97. The van der Waals surface area contributed by atoms with E-state index in [0.29, 0.717) is 18.7 Å². The fraction of sp³-hybridized carbons (Fsp3) is 0.417. The molecule has 1 aliphatic rings. The van der Waals surface area contributed by atoms with Gasteiger partial charge in [-0.25, -0.2) is 4.39 Å². The molecule has 5 heteroatoms. The molecule has 1 saturated carbocycles. The number of methoxy groups -OCH3 is 1. The van der Waals surface area contributed by atoms with Crippen LogP contribution in [0.25, 0.3) is 0 Å². The Morgan fingerprint density at radius 3 is 2.94 bits per heavy atom. The minimum atomic E-state index is -0.752. The first kappa shape index (κ1) is 11.7. The quantitative estimate of drug-likeness (QED) is 0.824. The van der Waals surface area contributed by atoms with Crippen molar-refractivity contribution in [3.63, 3.8) is 0 Å². The summed E-state index contributed by atoms with van der Waals surface area (Å²) >= 11 is 0. The predicted molar refractivity (Wildman–Crippen MR) is 60.7 cm³/mol. The van der Waals surface area contributed by atoms with Gasteiger partial charge >= 0.3 is 5.97 Å². The lowest BCUT2D eigenvalue weighted by Gasteiger charge is -2.07. The van der Waals surface area contributed by atoms with Crippen LogP contribution in [0.2, 0.25) is 0 Å². The third kappa shape index (κ3) is 2.67. The lowest BCUT2D eigenvalue weighted by atomic mass is 10.2. The number of carbonyl (C=O) groups is 1. The van der Waals surface area contributed by atoms with Crippen LogP contribution >= 0.6 is 0 Å². The Morgan fingerprint density at radius 1 is 1.65 bits per heavy atom. The smallest absolute Gasteiger partial charge is 0.306 e. The molecule has 0 heterocycles. The van der Waals surface area contributed by atoms with E-state index in [2.05, 4.69) is 5.32 Å². The van der Waals surface area contributed by atoms with E-state index in [1.807, 2.05) is 0 Å². The summed E-state index contributed by atoms with van der Waals surface area (Å²) in [6.07, 6.45) is 0.695. The average molecular weight is 239 g/mol. The Labute approximate surface area is 98.4 Å². The first-order valence-electron chi connectivity index (χ1n) is 5.42. The minimum Gasteiger partial charge on any atom is -0.494 e. The average Bonchev–Trinajstić information content (AvgIpc) is 3.06. The Morgan fingerprint density at radius 2 is 2.41 bits per heavy atom. The zero-order valence-corrected chi connectivity index (χ0v) is 9.44. The van der Waals surface area contributed by atoms with Crippen LogP contribution < -0.4 is 10.1 Å². The van der Waals surface area contributed by atoms with Gasteiger partial charge in [0.15, 0.2) is 11.6 Å². The number of aliphatic carboxylic acids is 1. The highest BCUT2D eigenvalue weighted by Crippen LogP contribution is 2.38. The van der Waals surface area contributed by atoms with Crippen molar-refractivity contribution < 1.29 is 19.0 Å². The van der Waals surface area contributed by atoms with Gasteiger partial charge in [-0.1, -0.05) is 0 Å². The van der Waals surface area contributed by atoms with Crippen molar-refractivity contribution in [3.05, 3.63) is 24.0 Å². The maximum Gasteiger partial charge on any atom is 0.306 e. The van der Waals surface area contributed by atoms with E-state index >= 15 is 0 Å². The molecular weight excluding hydrogens is 225 g/mol. The van der Waals surface area contributed by atoms with E-state index in [-0.39, 0.29) is 17.6 Å². The summed E-state index contributed by atoms with van der Waals surface area (Å²) in [4.78, 5) is 10.6. The van der Waals surface area contributed by atoms with Crippen LogP contribution in [0, 0.1) is 17.7 Å². The molecule has 1 aromatic rings. The molecule has 0 radical (unpaired) electrons. The largest absolute Gasteiger partial charge is 0.494 e. The van der Waals surface area contributed by atoms with Gasteiger partial charge in [0.1, 0.15) is 0 Å². The fourth-order valence-electron chi connectivity index (χ4n) is 1.80. The number of carboxylic acid groups (broad SMARTS) is 1. The maximum absolute atomic E-state index is 13.3. The number of benzene rings is 1. The second-order valence-electron chi connectivity index (χ2n) is 4.17. The number of halogens is 1.